The van der Waals surface area contributed by atoms with E-state index in [0.717, 1.165) is 5.76 Å². The second-order valence-electron chi connectivity index (χ2n) is 5.98. The molecule has 1 fully saturated rings. The van der Waals surface area contributed by atoms with Gasteiger partial charge < -0.3 is 9.31 Å². The van der Waals surface area contributed by atoms with Gasteiger partial charge in [0.15, 0.2) is 5.78 Å². The van der Waals surface area contributed by atoms with Gasteiger partial charge >= 0.3 is 0 Å². The van der Waals surface area contributed by atoms with E-state index < -0.39 is 7.94 Å². The van der Waals surface area contributed by atoms with Crippen molar-refractivity contribution in [1.29, 1.82) is 0 Å². The molecule has 0 spiro atoms. The van der Waals surface area contributed by atoms with Crippen molar-refractivity contribution in [2.45, 2.75) is 26.1 Å². The average Bonchev–Trinajstić information content (AvgIpc) is 2.83. The van der Waals surface area contributed by atoms with Crippen LogP contribution in [0.3, 0.4) is 0 Å². The number of hydrogen-bond acceptors (Lipinski definition) is 5. The van der Waals surface area contributed by atoms with Gasteiger partial charge in [-0.05, 0) is 26.2 Å². The van der Waals surface area contributed by atoms with Crippen LogP contribution in [0.4, 0.5) is 0 Å². The predicted octanol–water partition coefficient (Wildman–Crippen LogP) is 1.91. The lowest BCUT2D eigenvalue weighted by Crippen LogP contribution is -2.44. The molecule has 0 N–H and O–H groups in total. The molecule has 1 aromatic heterocycles. The molecular formula is C13H22NO4P. The highest BCUT2D eigenvalue weighted by molar-refractivity contribution is 7.59. The number of rotatable bonds is 4. The van der Waals surface area contributed by atoms with E-state index >= 15 is 0 Å². The normalized spacial score (nSPS) is 23.5. The molecule has 2 heterocycles. The summed E-state index contributed by atoms with van der Waals surface area (Å²) in [5.74, 6) is 0.459. The maximum atomic E-state index is 12.9. The number of nitrogens with zero attached hydrogens (tertiary/aromatic N) is 1. The highest BCUT2D eigenvalue weighted by atomic mass is 31.2. The Morgan fingerprint density at radius 3 is 2.47 bits per heavy atom. The van der Waals surface area contributed by atoms with Gasteiger partial charge in [0.2, 0.25) is 0 Å². The topological polar surface area (TPSA) is 57.9 Å². The maximum absolute atomic E-state index is 12.9. The van der Waals surface area contributed by atoms with Crippen LogP contribution in [0, 0.1) is 5.41 Å². The third kappa shape index (κ3) is 3.56. The van der Waals surface area contributed by atoms with Gasteiger partial charge in [0, 0.05) is 5.41 Å². The van der Waals surface area contributed by atoms with E-state index in [4.69, 9.17) is 13.5 Å². The quantitative estimate of drug-likeness (QED) is 0.792. The number of hydrogen-bond donors (Lipinski definition) is 0. The predicted molar refractivity (Wildman–Crippen MR) is 72.5 cm³/mol. The first kappa shape index (κ1) is 14.9. The Bertz CT molecular complexity index is 395. The maximum Gasteiger partial charge on any atom is 0.255 e. The smallest absolute Gasteiger partial charge is 0.255 e. The Morgan fingerprint density at radius 2 is 2.00 bits per heavy atom. The molecule has 108 valence electrons. The van der Waals surface area contributed by atoms with Crippen LogP contribution in [0.15, 0.2) is 22.8 Å². The fourth-order valence-electron chi connectivity index (χ4n) is 1.97. The van der Waals surface area contributed by atoms with Gasteiger partial charge in [-0.15, -0.1) is 0 Å². The first-order chi connectivity index (χ1) is 8.82. The van der Waals surface area contributed by atoms with Crippen LogP contribution in [0.1, 0.15) is 19.6 Å². The standard InChI is InChI=1S/C13H22NO4P/c1-13(2)9-17-19(15,18-10-13)12(14(3)4)8-11-6-5-7-16-11/h5-7,12H,8-10H2,1-4H3. The molecule has 1 saturated heterocycles. The van der Waals surface area contributed by atoms with E-state index in [1.807, 2.05) is 45.0 Å². The Labute approximate surface area is 115 Å². The third-order valence-electron chi connectivity index (χ3n) is 3.20. The summed E-state index contributed by atoms with van der Waals surface area (Å²) in [4.78, 5) is 14.7. The minimum Gasteiger partial charge on any atom is -0.630 e. The molecule has 2 rings (SSSR count). The van der Waals surface area contributed by atoms with Crippen LogP contribution in [0.5, 0.6) is 0 Å². The molecule has 1 aliphatic heterocycles. The second-order valence-corrected chi connectivity index (χ2v) is 8.17. The molecule has 6 heteroatoms. The summed E-state index contributed by atoms with van der Waals surface area (Å²) in [7, 11) is 0.615. The molecule has 1 atom stereocenters. The van der Waals surface area contributed by atoms with Crippen molar-refractivity contribution in [2.24, 2.45) is 5.41 Å². The molecule has 0 aliphatic carbocycles. The molecule has 1 aliphatic rings. The Balaban J connectivity index is 2.10. The van der Waals surface area contributed by atoms with Crippen LogP contribution in [0.25, 0.3) is 0 Å². The zero-order chi connectivity index (χ0) is 14.1. The van der Waals surface area contributed by atoms with Gasteiger partial charge in [0.25, 0.3) is 7.94 Å². The second kappa shape index (κ2) is 5.51. The lowest BCUT2D eigenvalue weighted by molar-refractivity contribution is -0.239. The molecule has 0 saturated carbocycles. The highest BCUT2D eigenvalue weighted by Crippen LogP contribution is 2.62. The zero-order valence-corrected chi connectivity index (χ0v) is 12.9. The van der Waals surface area contributed by atoms with Gasteiger partial charge in [-0.1, -0.05) is 13.8 Å². The van der Waals surface area contributed by atoms with Gasteiger partial charge in [-0.2, -0.15) is 0 Å². The van der Waals surface area contributed by atoms with Crippen molar-refractivity contribution in [3.8, 4) is 0 Å². The Kier molecular flexibility index (Phi) is 4.33. The van der Waals surface area contributed by atoms with E-state index in [1.54, 1.807) is 6.26 Å². The molecule has 0 amide bonds. The molecule has 1 aromatic rings. The van der Waals surface area contributed by atoms with Gasteiger partial charge in [0.1, 0.15) is 19.0 Å². The van der Waals surface area contributed by atoms with Crippen LogP contribution < -0.4 is 4.89 Å². The van der Waals surface area contributed by atoms with Gasteiger partial charge in [0.05, 0.1) is 12.7 Å². The summed E-state index contributed by atoms with van der Waals surface area (Å²) in [6.07, 6.45) is 2.13. The van der Waals surface area contributed by atoms with E-state index in [0.29, 0.717) is 19.6 Å². The van der Waals surface area contributed by atoms with Crippen LogP contribution >= 0.6 is 7.94 Å². The summed E-state index contributed by atoms with van der Waals surface area (Å²) in [6.45, 7) is 4.97. The largest absolute Gasteiger partial charge is 0.630 e. The average molecular weight is 287 g/mol. The van der Waals surface area contributed by atoms with Crippen LogP contribution in [0.2, 0.25) is 0 Å². The van der Waals surface area contributed by atoms with Crippen molar-refractivity contribution in [3.63, 3.8) is 0 Å². The molecule has 0 aromatic carbocycles. The van der Waals surface area contributed by atoms with Crippen molar-refractivity contribution >= 4 is 7.94 Å². The van der Waals surface area contributed by atoms with E-state index in [-0.39, 0.29) is 11.2 Å². The van der Waals surface area contributed by atoms with Gasteiger partial charge in [-0.25, -0.2) is 9.05 Å². The van der Waals surface area contributed by atoms with Gasteiger partial charge in [-0.3, -0.25) is 4.90 Å². The molecule has 0 bridgehead atoms. The van der Waals surface area contributed by atoms with Crippen molar-refractivity contribution in [2.75, 3.05) is 27.3 Å². The molecule has 19 heavy (non-hydrogen) atoms. The zero-order valence-electron chi connectivity index (χ0n) is 12.0. The number of likely N-dealkylation sites (N-methyl/N-ethyl adjacent to an activating group) is 1. The molecule has 5 nitrogen and oxygen atoms in total. The van der Waals surface area contributed by atoms with E-state index in [9.17, 15) is 4.89 Å². The summed E-state index contributed by atoms with van der Waals surface area (Å²) in [5.41, 5.74) is -0.0878. The minimum atomic E-state index is -3.13. The summed E-state index contributed by atoms with van der Waals surface area (Å²) >= 11 is 0. The van der Waals surface area contributed by atoms with Crippen LogP contribution in [-0.2, 0) is 15.5 Å². The number of furan rings is 1. The summed E-state index contributed by atoms with van der Waals surface area (Å²) < 4.78 is 16.5. The van der Waals surface area contributed by atoms with Crippen molar-refractivity contribution < 1.29 is 18.4 Å². The fourth-order valence-corrected chi connectivity index (χ4v) is 4.41. The first-order valence-electron chi connectivity index (χ1n) is 6.40. The lowest BCUT2D eigenvalue weighted by Gasteiger charge is -2.43. The SMILES string of the molecule is CN(C)C(Cc1ccco1)[P+]1([O-])OCC(C)(C)CO1. The minimum absolute atomic E-state index is 0.0878. The van der Waals surface area contributed by atoms with E-state index in [1.165, 1.54) is 0 Å². The molecule has 0 radical (unpaired) electrons. The van der Waals surface area contributed by atoms with Crippen LogP contribution in [-0.4, -0.2) is 38.0 Å². The monoisotopic (exact) mass is 287 g/mol. The van der Waals surface area contributed by atoms with Crippen molar-refractivity contribution in [1.82, 2.24) is 4.90 Å². The Hall–Kier alpha value is -0.450. The van der Waals surface area contributed by atoms with E-state index in [2.05, 4.69) is 0 Å². The highest BCUT2D eigenvalue weighted by Gasteiger charge is 2.48. The first-order valence-corrected chi connectivity index (χ1v) is 8.01. The lowest BCUT2D eigenvalue weighted by atomic mass is 9.97. The summed E-state index contributed by atoms with van der Waals surface area (Å²) in [5, 5.41) is 0. The fraction of sp³-hybridized carbons (Fsp3) is 0.692. The Morgan fingerprint density at radius 1 is 1.37 bits per heavy atom. The molecule has 1 unspecified atom stereocenters. The van der Waals surface area contributed by atoms with Crippen molar-refractivity contribution in [3.05, 3.63) is 24.2 Å². The third-order valence-corrected chi connectivity index (χ3v) is 5.55. The summed E-state index contributed by atoms with van der Waals surface area (Å²) in [6, 6.07) is 3.69. The molecular weight excluding hydrogens is 265 g/mol.